The van der Waals surface area contributed by atoms with Crippen LogP contribution in [0.5, 0.6) is 11.5 Å². The van der Waals surface area contributed by atoms with Gasteiger partial charge in [-0.3, -0.25) is 9.59 Å². The maximum Gasteiger partial charge on any atom is 0.227 e. The molecule has 0 bridgehead atoms. The van der Waals surface area contributed by atoms with E-state index in [1.807, 2.05) is 6.07 Å². The van der Waals surface area contributed by atoms with Gasteiger partial charge in [-0.15, -0.1) is 0 Å². The maximum absolute atomic E-state index is 13.3. The molecular formula is C23H27BrN2O6S. The molecular weight excluding hydrogens is 512 g/mol. The normalized spacial score (nSPS) is 12.9. The van der Waals surface area contributed by atoms with Crippen molar-refractivity contribution in [2.75, 3.05) is 43.4 Å². The number of amides is 2. The van der Waals surface area contributed by atoms with Crippen LogP contribution in [0.25, 0.3) is 0 Å². The molecule has 0 saturated carbocycles. The topological polar surface area (TPSA) is 93.2 Å². The Morgan fingerprint density at radius 3 is 2.52 bits per heavy atom. The second-order valence-corrected chi connectivity index (χ2v) is 10.6. The zero-order valence-corrected chi connectivity index (χ0v) is 21.5. The van der Waals surface area contributed by atoms with Crippen LogP contribution in [0.1, 0.15) is 25.3 Å². The van der Waals surface area contributed by atoms with Gasteiger partial charge in [0.1, 0.15) is 11.5 Å². The van der Waals surface area contributed by atoms with Crippen molar-refractivity contribution in [1.29, 1.82) is 0 Å². The SMILES string of the molecule is CCC(=O)N1CCc2cc(Br)cc(S(=O)(=O)CCC(=O)N(C)c3ccc(OC)cc3OC)c21. The quantitative estimate of drug-likeness (QED) is 0.509. The third-order valence-corrected chi connectivity index (χ3v) is 7.82. The Labute approximate surface area is 202 Å². The summed E-state index contributed by atoms with van der Waals surface area (Å²) in [6.07, 6.45) is 0.640. The second-order valence-electron chi connectivity index (χ2n) is 7.62. The smallest absolute Gasteiger partial charge is 0.227 e. The zero-order chi connectivity index (χ0) is 24.3. The highest BCUT2D eigenvalue weighted by atomic mass is 79.9. The van der Waals surface area contributed by atoms with Gasteiger partial charge in [0.15, 0.2) is 9.84 Å². The highest BCUT2D eigenvalue weighted by molar-refractivity contribution is 9.10. The van der Waals surface area contributed by atoms with Crippen molar-refractivity contribution >= 4 is 49.0 Å². The van der Waals surface area contributed by atoms with Gasteiger partial charge in [-0.1, -0.05) is 22.9 Å². The molecule has 33 heavy (non-hydrogen) atoms. The zero-order valence-electron chi connectivity index (χ0n) is 19.1. The van der Waals surface area contributed by atoms with E-state index in [-0.39, 0.29) is 35.3 Å². The molecule has 2 aromatic rings. The fraction of sp³-hybridized carbons (Fsp3) is 0.391. The molecule has 0 aliphatic carbocycles. The molecule has 0 aromatic heterocycles. The van der Waals surface area contributed by atoms with E-state index in [0.29, 0.717) is 40.3 Å². The van der Waals surface area contributed by atoms with E-state index in [1.54, 1.807) is 32.2 Å². The lowest BCUT2D eigenvalue weighted by atomic mass is 10.2. The molecule has 0 radical (unpaired) electrons. The Balaban J connectivity index is 1.84. The first-order valence-electron chi connectivity index (χ1n) is 10.5. The second kappa shape index (κ2) is 10.1. The maximum atomic E-state index is 13.3. The molecule has 2 amide bonds. The number of nitrogens with zero attached hydrogens (tertiary/aromatic N) is 2. The van der Waals surface area contributed by atoms with E-state index in [2.05, 4.69) is 15.9 Å². The number of methoxy groups -OCH3 is 2. The summed E-state index contributed by atoms with van der Waals surface area (Å²) in [5, 5.41) is 0. The third kappa shape index (κ3) is 5.16. The molecule has 8 nitrogen and oxygen atoms in total. The van der Waals surface area contributed by atoms with Crippen molar-refractivity contribution in [2.45, 2.75) is 31.1 Å². The van der Waals surface area contributed by atoms with Gasteiger partial charge < -0.3 is 19.3 Å². The van der Waals surface area contributed by atoms with Gasteiger partial charge in [0.25, 0.3) is 0 Å². The average Bonchev–Trinajstić information content (AvgIpc) is 3.24. The van der Waals surface area contributed by atoms with Gasteiger partial charge in [0.2, 0.25) is 11.8 Å². The Morgan fingerprint density at radius 1 is 1.15 bits per heavy atom. The first-order valence-corrected chi connectivity index (χ1v) is 12.9. The minimum atomic E-state index is -3.84. The summed E-state index contributed by atoms with van der Waals surface area (Å²) < 4.78 is 37.7. The number of carbonyl (C=O) groups excluding carboxylic acids is 2. The number of benzene rings is 2. The van der Waals surface area contributed by atoms with Crippen LogP contribution < -0.4 is 19.3 Å². The van der Waals surface area contributed by atoms with Crippen molar-refractivity contribution in [3.63, 3.8) is 0 Å². The molecule has 1 heterocycles. The number of anilines is 2. The summed E-state index contributed by atoms with van der Waals surface area (Å²) in [6, 6.07) is 8.38. The average molecular weight is 539 g/mol. The van der Waals surface area contributed by atoms with Crippen molar-refractivity contribution in [3.8, 4) is 11.5 Å². The van der Waals surface area contributed by atoms with Crippen molar-refractivity contribution < 1.29 is 27.5 Å². The lowest BCUT2D eigenvalue weighted by Crippen LogP contribution is -2.30. The molecule has 0 fully saturated rings. The monoisotopic (exact) mass is 538 g/mol. The molecule has 178 valence electrons. The van der Waals surface area contributed by atoms with Gasteiger partial charge in [-0.2, -0.15) is 0 Å². The summed E-state index contributed by atoms with van der Waals surface area (Å²) in [4.78, 5) is 28.2. The number of sulfone groups is 1. The molecule has 0 atom stereocenters. The molecule has 2 aromatic carbocycles. The summed E-state index contributed by atoms with van der Waals surface area (Å²) >= 11 is 3.38. The van der Waals surface area contributed by atoms with Crippen LogP contribution in [-0.4, -0.2) is 53.8 Å². The molecule has 1 aliphatic rings. The van der Waals surface area contributed by atoms with Gasteiger partial charge >= 0.3 is 0 Å². The van der Waals surface area contributed by atoms with Gasteiger partial charge in [-0.05, 0) is 36.2 Å². The highest BCUT2D eigenvalue weighted by Gasteiger charge is 2.32. The first-order chi connectivity index (χ1) is 15.6. The van der Waals surface area contributed by atoms with E-state index in [9.17, 15) is 18.0 Å². The lowest BCUT2D eigenvalue weighted by Gasteiger charge is -2.22. The van der Waals surface area contributed by atoms with Crippen LogP contribution in [0.2, 0.25) is 0 Å². The standard InChI is InChI=1S/C23H27BrN2O6S/c1-5-21(27)26-10-8-15-12-16(24)13-20(23(15)26)33(29,30)11-9-22(28)25(2)18-7-6-17(31-3)14-19(18)32-4/h6-7,12-14H,5,8-11H2,1-4H3. The van der Waals surface area contributed by atoms with Crippen LogP contribution in [0.4, 0.5) is 11.4 Å². The summed E-state index contributed by atoms with van der Waals surface area (Å²) in [7, 11) is 0.739. The molecule has 0 saturated heterocycles. The van der Waals surface area contributed by atoms with E-state index < -0.39 is 9.84 Å². The fourth-order valence-corrected chi connectivity index (χ4v) is 6.00. The van der Waals surface area contributed by atoms with Crippen LogP contribution in [0, 0.1) is 0 Å². The molecule has 0 unspecified atom stereocenters. The summed E-state index contributed by atoms with van der Waals surface area (Å²) in [5.74, 6) is 0.122. The minimum absolute atomic E-state index is 0.0728. The van der Waals surface area contributed by atoms with Crippen molar-refractivity contribution in [3.05, 3.63) is 40.4 Å². The minimum Gasteiger partial charge on any atom is -0.497 e. The summed E-state index contributed by atoms with van der Waals surface area (Å²) in [5.41, 5.74) is 1.74. The van der Waals surface area contributed by atoms with E-state index >= 15 is 0 Å². The number of rotatable bonds is 8. The third-order valence-electron chi connectivity index (χ3n) is 5.64. The molecule has 1 aliphatic heterocycles. The van der Waals surface area contributed by atoms with Crippen molar-refractivity contribution in [1.82, 2.24) is 0 Å². The number of carbonyl (C=O) groups is 2. The van der Waals surface area contributed by atoms with Gasteiger partial charge in [-0.25, -0.2) is 8.42 Å². The highest BCUT2D eigenvalue weighted by Crippen LogP contribution is 2.38. The van der Waals surface area contributed by atoms with Gasteiger partial charge in [0.05, 0.1) is 36.2 Å². The molecule has 0 N–H and O–H groups in total. The number of ether oxygens (including phenoxy) is 2. The number of hydrogen-bond donors (Lipinski definition) is 0. The van der Waals surface area contributed by atoms with Crippen molar-refractivity contribution in [2.24, 2.45) is 0 Å². The van der Waals surface area contributed by atoms with Crippen LogP contribution in [0.15, 0.2) is 39.7 Å². The number of hydrogen-bond acceptors (Lipinski definition) is 6. The van der Waals surface area contributed by atoms with Crippen LogP contribution in [-0.2, 0) is 25.8 Å². The Hall–Kier alpha value is -2.59. The Bertz CT molecular complexity index is 1180. The predicted molar refractivity (Wildman–Crippen MR) is 130 cm³/mol. The molecule has 0 spiro atoms. The van der Waals surface area contributed by atoms with E-state index in [0.717, 1.165) is 5.56 Å². The lowest BCUT2D eigenvalue weighted by molar-refractivity contribution is -0.118. The van der Waals surface area contributed by atoms with Gasteiger partial charge in [0, 0.05) is 37.0 Å². The molecule has 10 heteroatoms. The van der Waals surface area contributed by atoms with Crippen LogP contribution >= 0.6 is 15.9 Å². The summed E-state index contributed by atoms with van der Waals surface area (Å²) in [6.45, 7) is 2.19. The number of halogens is 1. The Kier molecular flexibility index (Phi) is 7.69. The first kappa shape index (κ1) is 25.0. The van der Waals surface area contributed by atoms with E-state index in [4.69, 9.17) is 9.47 Å². The largest absolute Gasteiger partial charge is 0.497 e. The predicted octanol–water partition coefficient (Wildman–Crippen LogP) is 3.59. The fourth-order valence-electron chi connectivity index (χ4n) is 3.84. The number of fused-ring (bicyclic) bond motifs is 1. The molecule has 3 rings (SSSR count). The van der Waals surface area contributed by atoms with E-state index in [1.165, 1.54) is 30.1 Å². The van der Waals surface area contributed by atoms with Crippen LogP contribution in [0.3, 0.4) is 0 Å². The Morgan fingerprint density at radius 2 is 1.88 bits per heavy atom.